The van der Waals surface area contributed by atoms with Crippen LogP contribution in [0.25, 0.3) is 0 Å². The molecule has 1 aromatic heterocycles. The van der Waals surface area contributed by atoms with Gasteiger partial charge in [0.1, 0.15) is 0 Å². The number of pyridine rings is 1. The summed E-state index contributed by atoms with van der Waals surface area (Å²) in [5, 5.41) is 8.99. The normalized spacial score (nSPS) is 18.7. The van der Waals surface area contributed by atoms with E-state index in [1.807, 2.05) is 19.1 Å². The number of nitrogens with two attached hydrogens (primary N) is 1. The second kappa shape index (κ2) is 4.94. The molecule has 1 amide bonds. The molecular weight excluding hydrogens is 230 g/mol. The van der Waals surface area contributed by atoms with E-state index in [2.05, 4.69) is 4.98 Å². The van der Waals surface area contributed by atoms with E-state index in [0.717, 1.165) is 24.1 Å². The maximum atomic E-state index is 10.9. The number of hydrogen-bond donors (Lipinski definition) is 2. The molecule has 5 nitrogen and oxygen atoms in total. The molecule has 2 rings (SSSR count). The van der Waals surface area contributed by atoms with Gasteiger partial charge in [0.15, 0.2) is 0 Å². The molecule has 0 aromatic carbocycles. The topological polar surface area (TPSA) is 79.5 Å². The van der Waals surface area contributed by atoms with Crippen LogP contribution in [0.5, 0.6) is 0 Å². The molecule has 3 N–H and O–H groups in total. The van der Waals surface area contributed by atoms with E-state index < -0.39 is 6.09 Å². The standard InChI is InChI=1S/C13H19N3O2/c1-10-3-2-6-15-11(10)13(9-14)4-7-16(8-5-13)12(17)18/h2-3,6H,4-5,7-9,14H2,1H3,(H,17,18). The van der Waals surface area contributed by atoms with E-state index in [0.29, 0.717) is 19.6 Å². The van der Waals surface area contributed by atoms with Crippen LogP contribution in [0, 0.1) is 6.92 Å². The second-order valence-corrected chi connectivity index (χ2v) is 4.92. The van der Waals surface area contributed by atoms with Gasteiger partial charge in [-0.3, -0.25) is 4.98 Å². The van der Waals surface area contributed by atoms with Gasteiger partial charge in [0.25, 0.3) is 0 Å². The summed E-state index contributed by atoms with van der Waals surface area (Å²) < 4.78 is 0. The quantitative estimate of drug-likeness (QED) is 0.829. The Kier molecular flexibility index (Phi) is 3.52. The number of piperidine rings is 1. The molecule has 1 aliphatic heterocycles. The van der Waals surface area contributed by atoms with E-state index in [1.165, 1.54) is 4.90 Å². The third kappa shape index (κ3) is 2.18. The Balaban J connectivity index is 2.24. The van der Waals surface area contributed by atoms with Gasteiger partial charge >= 0.3 is 6.09 Å². The molecule has 1 aromatic rings. The number of hydrogen-bond acceptors (Lipinski definition) is 3. The number of carbonyl (C=O) groups is 1. The van der Waals surface area contributed by atoms with Crippen LogP contribution in [0.1, 0.15) is 24.1 Å². The fraction of sp³-hybridized carbons (Fsp3) is 0.538. The van der Waals surface area contributed by atoms with Crippen molar-refractivity contribution in [3.8, 4) is 0 Å². The number of aromatic nitrogens is 1. The van der Waals surface area contributed by atoms with Crippen molar-refractivity contribution in [2.45, 2.75) is 25.2 Å². The predicted molar refractivity (Wildman–Crippen MR) is 68.5 cm³/mol. The summed E-state index contributed by atoms with van der Waals surface area (Å²) >= 11 is 0. The van der Waals surface area contributed by atoms with Gasteiger partial charge in [-0.2, -0.15) is 0 Å². The molecule has 0 radical (unpaired) electrons. The van der Waals surface area contributed by atoms with E-state index in [9.17, 15) is 4.79 Å². The molecule has 0 spiro atoms. The largest absolute Gasteiger partial charge is 0.465 e. The Hall–Kier alpha value is -1.62. The fourth-order valence-corrected chi connectivity index (χ4v) is 2.70. The van der Waals surface area contributed by atoms with Crippen molar-refractivity contribution in [1.82, 2.24) is 9.88 Å². The molecule has 18 heavy (non-hydrogen) atoms. The minimum absolute atomic E-state index is 0.169. The molecule has 0 unspecified atom stereocenters. The second-order valence-electron chi connectivity index (χ2n) is 4.92. The average molecular weight is 249 g/mol. The van der Waals surface area contributed by atoms with Crippen molar-refractivity contribution in [2.24, 2.45) is 5.73 Å². The lowest BCUT2D eigenvalue weighted by Gasteiger charge is -2.40. The van der Waals surface area contributed by atoms with Crippen LogP contribution in [0.15, 0.2) is 18.3 Å². The van der Waals surface area contributed by atoms with Gasteiger partial charge in [0, 0.05) is 31.2 Å². The molecule has 98 valence electrons. The Morgan fingerprint density at radius 2 is 2.22 bits per heavy atom. The molecule has 1 aliphatic rings. The Bertz CT molecular complexity index is 440. The lowest BCUT2D eigenvalue weighted by molar-refractivity contribution is 0.116. The first-order chi connectivity index (χ1) is 8.59. The Morgan fingerprint density at radius 3 is 2.72 bits per heavy atom. The van der Waals surface area contributed by atoms with Crippen LogP contribution < -0.4 is 5.73 Å². The van der Waals surface area contributed by atoms with Crippen LogP contribution in [0.2, 0.25) is 0 Å². The van der Waals surface area contributed by atoms with E-state index in [1.54, 1.807) is 6.20 Å². The van der Waals surface area contributed by atoms with Crippen LogP contribution >= 0.6 is 0 Å². The molecule has 2 heterocycles. The maximum Gasteiger partial charge on any atom is 0.407 e. The highest BCUT2D eigenvalue weighted by Crippen LogP contribution is 2.34. The molecule has 1 fully saturated rings. The molecule has 1 saturated heterocycles. The molecule has 5 heteroatoms. The van der Waals surface area contributed by atoms with Gasteiger partial charge < -0.3 is 15.7 Å². The fourth-order valence-electron chi connectivity index (χ4n) is 2.70. The van der Waals surface area contributed by atoms with Crippen molar-refractivity contribution in [3.63, 3.8) is 0 Å². The summed E-state index contributed by atoms with van der Waals surface area (Å²) in [6.07, 6.45) is 2.42. The van der Waals surface area contributed by atoms with Gasteiger partial charge in [-0.05, 0) is 31.4 Å². The van der Waals surface area contributed by atoms with Crippen LogP contribution in [0.3, 0.4) is 0 Å². The first-order valence-corrected chi connectivity index (χ1v) is 6.19. The summed E-state index contributed by atoms with van der Waals surface area (Å²) in [6.45, 7) is 3.60. The molecular formula is C13H19N3O2. The van der Waals surface area contributed by atoms with Gasteiger partial charge in [-0.15, -0.1) is 0 Å². The Labute approximate surface area is 107 Å². The first kappa shape index (κ1) is 12.8. The highest BCUT2D eigenvalue weighted by molar-refractivity contribution is 5.65. The first-order valence-electron chi connectivity index (χ1n) is 6.19. The van der Waals surface area contributed by atoms with Crippen LogP contribution in [-0.2, 0) is 5.41 Å². The summed E-state index contributed by atoms with van der Waals surface area (Å²) in [4.78, 5) is 16.9. The lowest BCUT2D eigenvalue weighted by Crippen LogP contribution is -2.48. The molecule has 0 bridgehead atoms. The zero-order valence-corrected chi connectivity index (χ0v) is 10.6. The van der Waals surface area contributed by atoms with Gasteiger partial charge in [-0.1, -0.05) is 6.07 Å². The van der Waals surface area contributed by atoms with Crippen molar-refractivity contribution < 1.29 is 9.90 Å². The van der Waals surface area contributed by atoms with E-state index in [4.69, 9.17) is 10.8 Å². The number of nitrogens with zero attached hydrogens (tertiary/aromatic N) is 2. The maximum absolute atomic E-state index is 10.9. The third-order valence-electron chi connectivity index (χ3n) is 3.89. The molecule has 0 atom stereocenters. The number of rotatable bonds is 2. The predicted octanol–water partition coefficient (Wildman–Crippen LogP) is 1.36. The summed E-state index contributed by atoms with van der Waals surface area (Å²) in [5.41, 5.74) is 7.94. The highest BCUT2D eigenvalue weighted by atomic mass is 16.4. The number of carboxylic acid groups (broad SMARTS) is 1. The third-order valence-corrected chi connectivity index (χ3v) is 3.89. The number of likely N-dealkylation sites (tertiary alicyclic amines) is 1. The van der Waals surface area contributed by atoms with Crippen molar-refractivity contribution in [2.75, 3.05) is 19.6 Å². The summed E-state index contributed by atoms with van der Waals surface area (Å²) in [6, 6.07) is 3.94. The summed E-state index contributed by atoms with van der Waals surface area (Å²) in [5.74, 6) is 0. The van der Waals surface area contributed by atoms with Crippen molar-refractivity contribution in [1.29, 1.82) is 0 Å². The van der Waals surface area contributed by atoms with Gasteiger partial charge in [-0.25, -0.2) is 4.79 Å². The minimum Gasteiger partial charge on any atom is -0.465 e. The number of aryl methyl sites for hydroxylation is 1. The Morgan fingerprint density at radius 1 is 1.56 bits per heavy atom. The minimum atomic E-state index is -0.849. The van der Waals surface area contributed by atoms with Gasteiger partial charge in [0.2, 0.25) is 0 Å². The molecule has 0 aliphatic carbocycles. The summed E-state index contributed by atoms with van der Waals surface area (Å²) in [7, 11) is 0. The van der Waals surface area contributed by atoms with E-state index >= 15 is 0 Å². The monoisotopic (exact) mass is 249 g/mol. The highest BCUT2D eigenvalue weighted by Gasteiger charge is 2.38. The zero-order valence-electron chi connectivity index (χ0n) is 10.6. The molecule has 0 saturated carbocycles. The smallest absolute Gasteiger partial charge is 0.407 e. The van der Waals surface area contributed by atoms with Gasteiger partial charge in [0.05, 0.1) is 5.69 Å². The van der Waals surface area contributed by atoms with Crippen LogP contribution in [-0.4, -0.2) is 40.7 Å². The average Bonchev–Trinajstić information content (AvgIpc) is 2.39. The van der Waals surface area contributed by atoms with Crippen molar-refractivity contribution in [3.05, 3.63) is 29.6 Å². The zero-order chi connectivity index (χ0) is 13.2. The van der Waals surface area contributed by atoms with E-state index in [-0.39, 0.29) is 5.41 Å². The number of amides is 1. The lowest BCUT2D eigenvalue weighted by atomic mass is 9.74. The van der Waals surface area contributed by atoms with Crippen LogP contribution in [0.4, 0.5) is 4.79 Å². The SMILES string of the molecule is Cc1cccnc1C1(CN)CCN(C(=O)O)CC1. The van der Waals surface area contributed by atoms with Crippen molar-refractivity contribution >= 4 is 6.09 Å².